The third kappa shape index (κ3) is 3.73. The molecule has 0 aliphatic carbocycles. The van der Waals surface area contributed by atoms with Crippen molar-refractivity contribution in [2.24, 2.45) is 0 Å². The summed E-state index contributed by atoms with van der Waals surface area (Å²) in [4.78, 5) is 12.2. The lowest BCUT2D eigenvalue weighted by Crippen LogP contribution is -2.40. The highest BCUT2D eigenvalue weighted by Gasteiger charge is 2.25. The van der Waals surface area contributed by atoms with E-state index in [9.17, 15) is 13.2 Å². The Bertz CT molecular complexity index is 601. The molecular formula is C13H16BrNO4S. The summed E-state index contributed by atoms with van der Waals surface area (Å²) in [6.07, 6.45) is 0.930. The SMILES string of the molecule is COc1cc(Br)ccc1C(=O)NC1CCS(=O)(=O)CC1. The molecule has 1 aliphatic heterocycles. The zero-order valence-electron chi connectivity index (χ0n) is 11.1. The predicted molar refractivity (Wildman–Crippen MR) is 79.8 cm³/mol. The normalized spacial score (nSPS) is 18.5. The van der Waals surface area contributed by atoms with E-state index in [1.807, 2.05) is 0 Å². The molecule has 0 spiro atoms. The fourth-order valence-corrected chi connectivity index (χ4v) is 3.98. The van der Waals surface area contributed by atoms with Crippen molar-refractivity contribution >= 4 is 31.7 Å². The average molecular weight is 362 g/mol. The van der Waals surface area contributed by atoms with E-state index in [-0.39, 0.29) is 23.5 Å². The van der Waals surface area contributed by atoms with E-state index in [1.54, 1.807) is 18.2 Å². The highest BCUT2D eigenvalue weighted by molar-refractivity contribution is 9.10. The van der Waals surface area contributed by atoms with Crippen molar-refractivity contribution in [1.82, 2.24) is 5.32 Å². The van der Waals surface area contributed by atoms with E-state index >= 15 is 0 Å². The van der Waals surface area contributed by atoms with Gasteiger partial charge in [0.15, 0.2) is 0 Å². The molecule has 0 bridgehead atoms. The van der Waals surface area contributed by atoms with Gasteiger partial charge < -0.3 is 10.1 Å². The maximum Gasteiger partial charge on any atom is 0.255 e. The number of carbonyl (C=O) groups excluding carboxylic acids is 1. The molecule has 0 atom stereocenters. The van der Waals surface area contributed by atoms with Crippen molar-refractivity contribution in [3.8, 4) is 5.75 Å². The Kier molecular flexibility index (Phi) is 4.70. The first-order valence-electron chi connectivity index (χ1n) is 6.26. The molecule has 1 aliphatic rings. The second kappa shape index (κ2) is 6.13. The molecule has 2 rings (SSSR count). The zero-order chi connectivity index (χ0) is 14.8. The molecule has 1 N–H and O–H groups in total. The molecule has 1 amide bonds. The van der Waals surface area contributed by atoms with Gasteiger partial charge in [0.1, 0.15) is 15.6 Å². The van der Waals surface area contributed by atoms with Crippen LogP contribution in [0, 0.1) is 0 Å². The van der Waals surface area contributed by atoms with Crippen LogP contribution in [0.15, 0.2) is 22.7 Å². The summed E-state index contributed by atoms with van der Waals surface area (Å²) in [5.41, 5.74) is 0.448. The smallest absolute Gasteiger partial charge is 0.255 e. The number of benzene rings is 1. The van der Waals surface area contributed by atoms with Gasteiger partial charge in [0.25, 0.3) is 5.91 Å². The first-order chi connectivity index (χ1) is 9.41. The molecule has 110 valence electrons. The topological polar surface area (TPSA) is 72.5 Å². The number of ether oxygens (including phenoxy) is 1. The van der Waals surface area contributed by atoms with Crippen LogP contribution in [0.2, 0.25) is 0 Å². The van der Waals surface area contributed by atoms with Crippen LogP contribution < -0.4 is 10.1 Å². The van der Waals surface area contributed by atoms with Gasteiger partial charge in [-0.15, -0.1) is 0 Å². The van der Waals surface area contributed by atoms with Crippen LogP contribution in [0.25, 0.3) is 0 Å². The van der Waals surface area contributed by atoms with E-state index in [2.05, 4.69) is 21.2 Å². The van der Waals surface area contributed by atoms with Crippen LogP contribution >= 0.6 is 15.9 Å². The molecular weight excluding hydrogens is 346 g/mol. The number of nitrogens with one attached hydrogen (secondary N) is 1. The average Bonchev–Trinajstić information content (AvgIpc) is 2.40. The first kappa shape index (κ1) is 15.3. The van der Waals surface area contributed by atoms with Crippen molar-refractivity contribution in [3.63, 3.8) is 0 Å². The highest BCUT2D eigenvalue weighted by atomic mass is 79.9. The van der Waals surface area contributed by atoms with Gasteiger partial charge in [0.2, 0.25) is 0 Å². The van der Waals surface area contributed by atoms with Crippen molar-refractivity contribution in [3.05, 3.63) is 28.2 Å². The maximum atomic E-state index is 12.2. The Morgan fingerprint density at radius 2 is 2.00 bits per heavy atom. The standard InChI is InChI=1S/C13H16BrNO4S/c1-19-12-8-9(14)2-3-11(12)13(16)15-10-4-6-20(17,18)7-5-10/h2-3,8,10H,4-7H2,1H3,(H,15,16). The Morgan fingerprint density at radius 1 is 1.35 bits per heavy atom. The second-order valence-electron chi connectivity index (χ2n) is 4.74. The number of carbonyl (C=O) groups is 1. The van der Waals surface area contributed by atoms with E-state index < -0.39 is 9.84 Å². The number of sulfone groups is 1. The van der Waals surface area contributed by atoms with E-state index in [0.717, 1.165) is 4.47 Å². The number of hydrogen-bond donors (Lipinski definition) is 1. The number of methoxy groups -OCH3 is 1. The van der Waals surface area contributed by atoms with Crippen molar-refractivity contribution in [2.45, 2.75) is 18.9 Å². The molecule has 1 aromatic carbocycles. The van der Waals surface area contributed by atoms with Gasteiger partial charge in [-0.25, -0.2) is 8.42 Å². The summed E-state index contributed by atoms with van der Waals surface area (Å²) in [5.74, 6) is 0.518. The minimum atomic E-state index is -2.92. The van der Waals surface area contributed by atoms with Crippen LogP contribution in [0.5, 0.6) is 5.75 Å². The predicted octanol–water partition coefficient (Wildman–Crippen LogP) is 1.76. The fourth-order valence-electron chi connectivity index (χ4n) is 2.15. The summed E-state index contributed by atoms with van der Waals surface area (Å²) >= 11 is 3.32. The Labute approximate surface area is 126 Å². The zero-order valence-corrected chi connectivity index (χ0v) is 13.5. The highest BCUT2D eigenvalue weighted by Crippen LogP contribution is 2.24. The molecule has 1 heterocycles. The third-order valence-corrected chi connectivity index (χ3v) is 5.51. The molecule has 0 saturated carbocycles. The Morgan fingerprint density at radius 3 is 2.60 bits per heavy atom. The van der Waals surface area contributed by atoms with Gasteiger partial charge >= 0.3 is 0 Å². The third-order valence-electron chi connectivity index (χ3n) is 3.30. The van der Waals surface area contributed by atoms with Crippen molar-refractivity contribution in [1.29, 1.82) is 0 Å². The lowest BCUT2D eigenvalue weighted by Gasteiger charge is -2.23. The molecule has 20 heavy (non-hydrogen) atoms. The van der Waals surface area contributed by atoms with Gasteiger partial charge in [-0.3, -0.25) is 4.79 Å². The van der Waals surface area contributed by atoms with Crippen LogP contribution in [-0.2, 0) is 9.84 Å². The molecule has 0 aromatic heterocycles. The van der Waals surface area contributed by atoms with Gasteiger partial charge in [0, 0.05) is 10.5 Å². The number of rotatable bonds is 3. The summed E-state index contributed by atoms with van der Waals surface area (Å²) in [6.45, 7) is 0. The summed E-state index contributed by atoms with van der Waals surface area (Å²) < 4.78 is 28.7. The minimum Gasteiger partial charge on any atom is -0.496 e. The van der Waals surface area contributed by atoms with Gasteiger partial charge in [-0.1, -0.05) is 15.9 Å². The van der Waals surface area contributed by atoms with E-state index in [4.69, 9.17) is 4.74 Å². The van der Waals surface area contributed by atoms with Crippen LogP contribution in [0.4, 0.5) is 0 Å². The van der Waals surface area contributed by atoms with E-state index in [0.29, 0.717) is 24.2 Å². The quantitative estimate of drug-likeness (QED) is 0.890. The van der Waals surface area contributed by atoms with Crippen LogP contribution in [0.3, 0.4) is 0 Å². The molecule has 1 saturated heterocycles. The summed E-state index contributed by atoms with van der Waals surface area (Å²) in [7, 11) is -1.41. The second-order valence-corrected chi connectivity index (χ2v) is 7.96. The monoisotopic (exact) mass is 361 g/mol. The summed E-state index contributed by atoms with van der Waals surface area (Å²) in [5, 5.41) is 2.87. The molecule has 0 unspecified atom stereocenters. The van der Waals surface area contributed by atoms with Crippen molar-refractivity contribution in [2.75, 3.05) is 18.6 Å². The lowest BCUT2D eigenvalue weighted by molar-refractivity contribution is 0.0931. The van der Waals surface area contributed by atoms with E-state index in [1.165, 1.54) is 7.11 Å². The fraction of sp³-hybridized carbons (Fsp3) is 0.462. The largest absolute Gasteiger partial charge is 0.496 e. The number of hydrogen-bond acceptors (Lipinski definition) is 4. The molecule has 5 nitrogen and oxygen atoms in total. The van der Waals surface area contributed by atoms with Crippen molar-refractivity contribution < 1.29 is 17.9 Å². The molecule has 7 heteroatoms. The molecule has 1 aromatic rings. The first-order valence-corrected chi connectivity index (χ1v) is 8.87. The molecule has 0 radical (unpaired) electrons. The minimum absolute atomic E-state index is 0.0978. The van der Waals surface area contributed by atoms with Gasteiger partial charge in [-0.2, -0.15) is 0 Å². The van der Waals surface area contributed by atoms with Crippen LogP contribution in [0.1, 0.15) is 23.2 Å². The molecule has 1 fully saturated rings. The van der Waals surface area contributed by atoms with Gasteiger partial charge in [-0.05, 0) is 31.0 Å². The Balaban J connectivity index is 2.06. The number of halogens is 1. The Hall–Kier alpha value is -1.08. The van der Waals surface area contributed by atoms with Crippen LogP contribution in [-0.4, -0.2) is 39.0 Å². The lowest BCUT2D eigenvalue weighted by atomic mass is 10.1. The van der Waals surface area contributed by atoms with Gasteiger partial charge in [0.05, 0.1) is 24.2 Å². The summed E-state index contributed by atoms with van der Waals surface area (Å²) in [6, 6.07) is 5.07. The maximum absolute atomic E-state index is 12.2. The number of amides is 1.